The van der Waals surface area contributed by atoms with E-state index in [0.29, 0.717) is 12.4 Å². The number of ether oxygens (including phenoxy) is 1. The van der Waals surface area contributed by atoms with Gasteiger partial charge < -0.3 is 20.7 Å². The molecule has 1 amide bonds. The van der Waals surface area contributed by atoms with E-state index in [1.807, 2.05) is 12.1 Å². The summed E-state index contributed by atoms with van der Waals surface area (Å²) in [5.41, 5.74) is 5.63. The van der Waals surface area contributed by atoms with Gasteiger partial charge in [-0.1, -0.05) is 6.07 Å². The summed E-state index contributed by atoms with van der Waals surface area (Å²) in [5.74, 6) is 1.33. The number of rotatable bonds is 2. The minimum atomic E-state index is -0.391. The maximum Gasteiger partial charge on any atom is 0.407 e. The molecule has 1 atom stereocenters. The number of nitrogens with two attached hydrogens (primary N) is 1. The first-order valence-electron chi connectivity index (χ1n) is 5.55. The van der Waals surface area contributed by atoms with E-state index in [9.17, 15) is 4.79 Å². The van der Waals surface area contributed by atoms with E-state index >= 15 is 0 Å². The minimum absolute atomic E-state index is 0.0850. The van der Waals surface area contributed by atoms with E-state index in [2.05, 4.69) is 15.2 Å². The summed E-state index contributed by atoms with van der Waals surface area (Å²) in [4.78, 5) is 17.4. The van der Waals surface area contributed by atoms with E-state index in [4.69, 9.17) is 10.5 Å². The number of aromatic nitrogens is 1. The Labute approximate surface area is 99.8 Å². The van der Waals surface area contributed by atoms with Crippen LogP contribution in [0.25, 0.3) is 0 Å². The first-order valence-corrected chi connectivity index (χ1v) is 5.55. The lowest BCUT2D eigenvalue weighted by atomic mass is 10.3. The van der Waals surface area contributed by atoms with Gasteiger partial charge in [0.2, 0.25) is 0 Å². The molecule has 1 aromatic heterocycles. The second-order valence-corrected chi connectivity index (χ2v) is 3.93. The summed E-state index contributed by atoms with van der Waals surface area (Å²) < 4.78 is 5.19. The molecule has 1 aliphatic rings. The molecule has 0 aliphatic carbocycles. The molecule has 6 heteroatoms. The first kappa shape index (κ1) is 11.5. The van der Waals surface area contributed by atoms with Crippen LogP contribution in [-0.2, 0) is 4.74 Å². The lowest BCUT2D eigenvalue weighted by molar-refractivity contribution is 0.110. The number of nitrogens with zero attached hydrogens (tertiary/aromatic N) is 2. The smallest absolute Gasteiger partial charge is 0.407 e. The van der Waals surface area contributed by atoms with E-state index in [0.717, 1.165) is 18.8 Å². The lowest BCUT2D eigenvalue weighted by Crippen LogP contribution is -2.29. The Morgan fingerprint density at radius 3 is 3.18 bits per heavy atom. The van der Waals surface area contributed by atoms with Gasteiger partial charge in [0.15, 0.2) is 0 Å². The fourth-order valence-corrected chi connectivity index (χ4v) is 1.86. The number of alkyl carbamates (subject to hydrolysis) is 1. The third-order valence-corrected chi connectivity index (χ3v) is 2.70. The van der Waals surface area contributed by atoms with Crippen LogP contribution in [0.2, 0.25) is 0 Å². The molecule has 3 N–H and O–H groups in total. The zero-order chi connectivity index (χ0) is 12.3. The second-order valence-electron chi connectivity index (χ2n) is 3.93. The molecule has 6 nitrogen and oxygen atoms in total. The quantitative estimate of drug-likeness (QED) is 0.786. The van der Waals surface area contributed by atoms with Crippen LogP contribution in [0.15, 0.2) is 18.2 Å². The number of carbonyl (C=O) groups excluding carboxylic acids is 1. The van der Waals surface area contributed by atoms with Crippen LogP contribution >= 0.6 is 0 Å². The summed E-state index contributed by atoms with van der Waals surface area (Å²) >= 11 is 0. The van der Waals surface area contributed by atoms with Gasteiger partial charge in [0.1, 0.15) is 17.7 Å². The molecule has 92 valence electrons. The van der Waals surface area contributed by atoms with Crippen molar-refractivity contribution >= 4 is 17.7 Å². The number of hydrogen-bond donors (Lipinski definition) is 2. The van der Waals surface area contributed by atoms with Gasteiger partial charge in [0, 0.05) is 20.0 Å². The summed E-state index contributed by atoms with van der Waals surface area (Å²) in [5, 5.41) is 2.44. The molecule has 1 aliphatic heterocycles. The van der Waals surface area contributed by atoms with E-state index in [-0.39, 0.29) is 6.10 Å². The van der Waals surface area contributed by atoms with Gasteiger partial charge in [0.05, 0.1) is 6.54 Å². The fourth-order valence-electron chi connectivity index (χ4n) is 1.86. The first-order chi connectivity index (χ1) is 8.19. The molecule has 1 aromatic rings. The summed E-state index contributed by atoms with van der Waals surface area (Å²) in [6.45, 7) is 1.47. The highest BCUT2D eigenvalue weighted by atomic mass is 16.6. The summed E-state index contributed by atoms with van der Waals surface area (Å²) in [6, 6.07) is 5.52. The fraction of sp³-hybridized carbons (Fsp3) is 0.455. The van der Waals surface area contributed by atoms with Gasteiger partial charge in [-0.2, -0.15) is 0 Å². The Kier molecular flexibility index (Phi) is 3.32. The zero-order valence-electron chi connectivity index (χ0n) is 9.72. The Morgan fingerprint density at radius 2 is 2.47 bits per heavy atom. The number of hydrogen-bond acceptors (Lipinski definition) is 5. The molecule has 17 heavy (non-hydrogen) atoms. The van der Waals surface area contributed by atoms with Crippen LogP contribution in [0.4, 0.5) is 16.4 Å². The van der Waals surface area contributed by atoms with E-state index in [1.165, 1.54) is 0 Å². The van der Waals surface area contributed by atoms with Crippen molar-refractivity contribution < 1.29 is 9.53 Å². The molecular formula is C11H16N4O2. The molecular weight excluding hydrogens is 220 g/mol. The average molecular weight is 236 g/mol. The second kappa shape index (κ2) is 4.90. The molecule has 0 radical (unpaired) electrons. The van der Waals surface area contributed by atoms with Gasteiger partial charge in [-0.3, -0.25) is 0 Å². The molecule has 1 saturated heterocycles. The molecule has 0 spiro atoms. The van der Waals surface area contributed by atoms with Crippen LogP contribution in [0.3, 0.4) is 0 Å². The molecule has 2 rings (SSSR count). The molecule has 0 aromatic carbocycles. The van der Waals surface area contributed by atoms with Crippen LogP contribution < -0.4 is 16.0 Å². The highest BCUT2D eigenvalue weighted by Crippen LogP contribution is 2.20. The van der Waals surface area contributed by atoms with Crippen LogP contribution in [0.1, 0.15) is 6.42 Å². The van der Waals surface area contributed by atoms with E-state index in [1.54, 1.807) is 13.1 Å². The molecule has 2 heterocycles. The van der Waals surface area contributed by atoms with Crippen molar-refractivity contribution in [1.82, 2.24) is 10.3 Å². The Morgan fingerprint density at radius 1 is 1.65 bits per heavy atom. The normalized spacial score (nSPS) is 19.1. The molecule has 0 unspecified atom stereocenters. The maximum atomic E-state index is 11.1. The van der Waals surface area contributed by atoms with Crippen molar-refractivity contribution in [3.05, 3.63) is 18.2 Å². The topological polar surface area (TPSA) is 80.5 Å². The number of pyridine rings is 1. The van der Waals surface area contributed by atoms with Gasteiger partial charge in [-0.05, 0) is 12.1 Å². The minimum Gasteiger partial charge on any atom is -0.444 e. The number of nitrogens with one attached hydrogen (secondary N) is 1. The summed E-state index contributed by atoms with van der Waals surface area (Å²) in [7, 11) is 1.55. The van der Waals surface area contributed by atoms with Crippen LogP contribution in [-0.4, -0.2) is 37.3 Å². The Hall–Kier alpha value is -1.98. The molecule has 1 fully saturated rings. The zero-order valence-corrected chi connectivity index (χ0v) is 9.72. The third kappa shape index (κ3) is 2.77. The van der Waals surface area contributed by atoms with Gasteiger partial charge in [-0.25, -0.2) is 9.78 Å². The predicted molar refractivity (Wildman–Crippen MR) is 64.8 cm³/mol. The number of amides is 1. The predicted octanol–water partition coefficient (Wildman–Crippen LogP) is 0.598. The van der Waals surface area contributed by atoms with Crippen molar-refractivity contribution in [2.75, 3.05) is 30.8 Å². The lowest BCUT2D eigenvalue weighted by Gasteiger charge is -2.17. The number of nitrogen functional groups attached to an aromatic ring is 1. The Bertz CT molecular complexity index is 410. The Balaban J connectivity index is 1.96. The summed E-state index contributed by atoms with van der Waals surface area (Å²) in [6.07, 6.45) is 0.333. The standard InChI is InChI=1S/C11H16N4O2/c1-13-11(16)17-8-5-6-15(7-8)10-4-2-3-9(12)14-10/h2-4,8H,5-7H2,1H3,(H2,12,14)(H,13,16)/t8-/m0/s1. The van der Waals surface area contributed by atoms with Crippen molar-refractivity contribution in [1.29, 1.82) is 0 Å². The third-order valence-electron chi connectivity index (χ3n) is 2.70. The highest BCUT2D eigenvalue weighted by Gasteiger charge is 2.26. The van der Waals surface area contributed by atoms with Crippen LogP contribution in [0, 0.1) is 0 Å². The largest absolute Gasteiger partial charge is 0.444 e. The SMILES string of the molecule is CNC(=O)O[C@H]1CCN(c2cccc(N)n2)C1. The van der Waals surface area contributed by atoms with Gasteiger partial charge in [0.25, 0.3) is 0 Å². The van der Waals surface area contributed by atoms with Crippen molar-refractivity contribution in [2.24, 2.45) is 0 Å². The molecule has 0 saturated carbocycles. The van der Waals surface area contributed by atoms with Crippen molar-refractivity contribution in [2.45, 2.75) is 12.5 Å². The average Bonchev–Trinajstić information content (AvgIpc) is 2.77. The number of anilines is 2. The number of carbonyl (C=O) groups is 1. The highest BCUT2D eigenvalue weighted by molar-refractivity contribution is 5.67. The van der Waals surface area contributed by atoms with Gasteiger partial charge in [-0.15, -0.1) is 0 Å². The van der Waals surface area contributed by atoms with Gasteiger partial charge >= 0.3 is 6.09 Å². The van der Waals surface area contributed by atoms with Crippen LogP contribution in [0.5, 0.6) is 0 Å². The van der Waals surface area contributed by atoms with E-state index < -0.39 is 6.09 Å². The molecule has 0 bridgehead atoms. The van der Waals surface area contributed by atoms with Crippen molar-refractivity contribution in [3.8, 4) is 0 Å². The van der Waals surface area contributed by atoms with Crippen molar-refractivity contribution in [3.63, 3.8) is 0 Å². The maximum absolute atomic E-state index is 11.1. The monoisotopic (exact) mass is 236 g/mol.